The fourth-order valence-corrected chi connectivity index (χ4v) is 3.03. The Bertz CT molecular complexity index is 1060. The van der Waals surface area contributed by atoms with Crippen LogP contribution in [0.4, 0.5) is 5.69 Å². The minimum absolute atomic E-state index is 0.212. The zero-order chi connectivity index (χ0) is 21.3. The van der Waals surface area contributed by atoms with Gasteiger partial charge in [0.05, 0.1) is 12.3 Å². The highest BCUT2D eigenvalue weighted by Gasteiger charge is 2.15. The van der Waals surface area contributed by atoms with Gasteiger partial charge < -0.3 is 10.1 Å². The molecule has 0 bridgehead atoms. The van der Waals surface area contributed by atoms with Gasteiger partial charge in [0.1, 0.15) is 5.75 Å². The van der Waals surface area contributed by atoms with Gasteiger partial charge in [-0.2, -0.15) is 0 Å². The maximum atomic E-state index is 12.9. The third kappa shape index (κ3) is 5.58. The van der Waals surface area contributed by atoms with E-state index in [1.807, 2.05) is 37.3 Å². The molecule has 3 aromatic rings. The maximum absolute atomic E-state index is 12.9. The fourth-order valence-electron chi connectivity index (χ4n) is 2.86. The van der Waals surface area contributed by atoms with E-state index in [1.54, 1.807) is 48.5 Å². The smallest absolute Gasteiger partial charge is 0.248 e. The van der Waals surface area contributed by atoms with Crippen LogP contribution in [0.1, 0.15) is 34.8 Å². The van der Waals surface area contributed by atoms with Crippen LogP contribution >= 0.6 is 11.6 Å². The fraction of sp³-hybridized carbons (Fsp3) is 0.120. The first kappa shape index (κ1) is 21.3. The zero-order valence-electron chi connectivity index (χ0n) is 16.6. The summed E-state index contributed by atoms with van der Waals surface area (Å²) in [6.45, 7) is 2.64. The lowest BCUT2D eigenvalue weighted by atomic mass is 10.0. The van der Waals surface area contributed by atoms with E-state index in [0.29, 0.717) is 28.4 Å². The number of amides is 1. The number of ketones is 1. The number of carbonyl (C=O) groups excluding carboxylic acids is 2. The van der Waals surface area contributed by atoms with Crippen LogP contribution in [0.5, 0.6) is 5.75 Å². The Morgan fingerprint density at radius 1 is 1.00 bits per heavy atom. The second-order valence-corrected chi connectivity index (χ2v) is 7.03. The summed E-state index contributed by atoms with van der Waals surface area (Å²) < 4.78 is 5.71. The van der Waals surface area contributed by atoms with Gasteiger partial charge in [0.25, 0.3) is 0 Å². The van der Waals surface area contributed by atoms with Crippen LogP contribution in [0.25, 0.3) is 6.08 Å². The Labute approximate surface area is 181 Å². The predicted octanol–water partition coefficient (Wildman–Crippen LogP) is 6.01. The molecule has 3 rings (SSSR count). The summed E-state index contributed by atoms with van der Waals surface area (Å²) in [5.74, 6) is 0.148. The van der Waals surface area contributed by atoms with Gasteiger partial charge in [-0.3, -0.25) is 9.59 Å². The van der Waals surface area contributed by atoms with Crippen molar-refractivity contribution >= 4 is 35.1 Å². The van der Waals surface area contributed by atoms with Crippen LogP contribution in [0.15, 0.2) is 78.9 Å². The third-order valence-corrected chi connectivity index (χ3v) is 4.55. The van der Waals surface area contributed by atoms with E-state index in [0.717, 1.165) is 17.7 Å². The molecular weight excluding hydrogens is 398 g/mol. The van der Waals surface area contributed by atoms with Gasteiger partial charge in [-0.15, -0.1) is 0 Å². The van der Waals surface area contributed by atoms with Crippen molar-refractivity contribution in [1.29, 1.82) is 0 Å². The van der Waals surface area contributed by atoms with Gasteiger partial charge in [-0.05, 0) is 36.8 Å². The highest BCUT2D eigenvalue weighted by atomic mass is 35.5. The predicted molar refractivity (Wildman–Crippen MR) is 121 cm³/mol. The van der Waals surface area contributed by atoms with Crippen LogP contribution in [0.3, 0.4) is 0 Å². The Hall–Kier alpha value is -3.37. The summed E-state index contributed by atoms with van der Waals surface area (Å²) >= 11 is 6.09. The molecule has 0 unspecified atom stereocenters. The molecule has 3 aromatic carbocycles. The first-order chi connectivity index (χ1) is 14.6. The van der Waals surface area contributed by atoms with Gasteiger partial charge in [-0.25, -0.2) is 0 Å². The molecule has 0 aliphatic rings. The van der Waals surface area contributed by atoms with Crippen molar-refractivity contribution in [3.05, 3.63) is 101 Å². The molecule has 0 spiro atoms. The average Bonchev–Trinajstić information content (AvgIpc) is 2.78. The lowest BCUT2D eigenvalue weighted by Gasteiger charge is -2.10. The lowest BCUT2D eigenvalue weighted by molar-refractivity contribution is -0.111. The van der Waals surface area contributed by atoms with Gasteiger partial charge in [-0.1, -0.05) is 67.1 Å². The normalized spacial score (nSPS) is 10.7. The summed E-state index contributed by atoms with van der Waals surface area (Å²) in [7, 11) is 0. The van der Waals surface area contributed by atoms with Crippen molar-refractivity contribution in [2.45, 2.75) is 13.3 Å². The van der Waals surface area contributed by atoms with Crippen molar-refractivity contribution in [1.82, 2.24) is 0 Å². The van der Waals surface area contributed by atoms with Crippen molar-refractivity contribution in [3.8, 4) is 5.75 Å². The monoisotopic (exact) mass is 419 g/mol. The van der Waals surface area contributed by atoms with Crippen molar-refractivity contribution in [3.63, 3.8) is 0 Å². The zero-order valence-corrected chi connectivity index (χ0v) is 17.4. The summed E-state index contributed by atoms with van der Waals surface area (Å²) in [6.07, 6.45) is 4.00. The van der Waals surface area contributed by atoms with E-state index >= 15 is 0 Å². The van der Waals surface area contributed by atoms with Crippen LogP contribution in [0, 0.1) is 0 Å². The second kappa shape index (κ2) is 10.4. The van der Waals surface area contributed by atoms with Gasteiger partial charge in [0.2, 0.25) is 5.91 Å². The number of halogens is 1. The molecule has 0 aromatic heterocycles. The van der Waals surface area contributed by atoms with E-state index < -0.39 is 0 Å². The van der Waals surface area contributed by atoms with Crippen LogP contribution in [-0.4, -0.2) is 18.3 Å². The quantitative estimate of drug-likeness (QED) is 0.359. The van der Waals surface area contributed by atoms with Gasteiger partial charge >= 0.3 is 0 Å². The average molecular weight is 420 g/mol. The Balaban J connectivity index is 1.79. The molecule has 152 valence electrons. The molecule has 5 heteroatoms. The number of para-hydroxylation sites is 1. The summed E-state index contributed by atoms with van der Waals surface area (Å²) in [4.78, 5) is 25.4. The molecule has 0 aliphatic carbocycles. The molecule has 0 saturated carbocycles. The third-order valence-electron chi connectivity index (χ3n) is 4.32. The Kier molecular flexibility index (Phi) is 7.41. The molecular formula is C25H22ClNO3. The van der Waals surface area contributed by atoms with E-state index in [1.165, 1.54) is 6.08 Å². The number of hydrogen-bond donors (Lipinski definition) is 1. The molecule has 0 radical (unpaired) electrons. The van der Waals surface area contributed by atoms with Crippen LogP contribution < -0.4 is 10.1 Å². The van der Waals surface area contributed by atoms with E-state index in [2.05, 4.69) is 5.32 Å². The molecule has 0 atom stereocenters. The molecule has 4 nitrogen and oxygen atoms in total. The standard InChI is InChI=1S/C25H22ClNO3/c1-2-16-30-23-11-7-6-8-18(23)12-15-24(28)27-22-14-13-20(26)17-21(22)25(29)19-9-4-3-5-10-19/h3-15,17H,2,16H2,1H3,(H,27,28). The number of carbonyl (C=O) groups is 2. The van der Waals surface area contributed by atoms with Crippen molar-refractivity contribution in [2.75, 3.05) is 11.9 Å². The van der Waals surface area contributed by atoms with E-state index in [9.17, 15) is 9.59 Å². The summed E-state index contributed by atoms with van der Waals surface area (Å²) in [5.41, 5.74) is 2.06. The molecule has 0 aliphatic heterocycles. The SMILES string of the molecule is CCCOc1ccccc1C=CC(=O)Nc1ccc(Cl)cc1C(=O)c1ccccc1. The second-order valence-electron chi connectivity index (χ2n) is 6.59. The first-order valence-electron chi connectivity index (χ1n) is 9.68. The van der Waals surface area contributed by atoms with Crippen LogP contribution in [-0.2, 0) is 4.79 Å². The number of nitrogens with one attached hydrogen (secondary N) is 1. The number of benzene rings is 3. The summed E-state index contributed by atoms with van der Waals surface area (Å²) in [6, 6.07) is 21.2. The molecule has 0 fully saturated rings. The van der Waals surface area contributed by atoms with Crippen molar-refractivity contribution in [2.24, 2.45) is 0 Å². The number of anilines is 1. The Morgan fingerprint density at radius 3 is 2.50 bits per heavy atom. The largest absolute Gasteiger partial charge is 0.493 e. The van der Waals surface area contributed by atoms with E-state index in [4.69, 9.17) is 16.3 Å². The van der Waals surface area contributed by atoms with Gasteiger partial charge in [0, 0.05) is 27.8 Å². The van der Waals surface area contributed by atoms with Crippen LogP contribution in [0.2, 0.25) is 5.02 Å². The molecule has 30 heavy (non-hydrogen) atoms. The molecule has 0 saturated heterocycles. The van der Waals surface area contributed by atoms with Gasteiger partial charge in [0.15, 0.2) is 5.78 Å². The minimum atomic E-state index is -0.357. The lowest BCUT2D eigenvalue weighted by Crippen LogP contribution is -2.13. The highest BCUT2D eigenvalue weighted by Crippen LogP contribution is 2.24. The number of rotatable bonds is 8. The number of hydrogen-bond acceptors (Lipinski definition) is 3. The maximum Gasteiger partial charge on any atom is 0.248 e. The molecule has 0 heterocycles. The first-order valence-corrected chi connectivity index (χ1v) is 10.1. The minimum Gasteiger partial charge on any atom is -0.493 e. The molecule has 1 amide bonds. The summed E-state index contributed by atoms with van der Waals surface area (Å²) in [5, 5.41) is 3.20. The Morgan fingerprint density at radius 2 is 1.73 bits per heavy atom. The van der Waals surface area contributed by atoms with E-state index in [-0.39, 0.29) is 11.7 Å². The molecule has 1 N–H and O–H groups in total. The number of ether oxygens (including phenoxy) is 1. The topological polar surface area (TPSA) is 55.4 Å². The van der Waals surface area contributed by atoms with Crippen molar-refractivity contribution < 1.29 is 14.3 Å². The highest BCUT2D eigenvalue weighted by molar-refractivity contribution is 6.31.